The number of halogens is 3. The number of nitrogens with zero attached hydrogens (tertiary/aromatic N) is 1. The largest absolute Gasteiger partial charge is 0.393 e. The molecule has 2 nitrogen and oxygen atoms in total. The van der Waals surface area contributed by atoms with Crippen molar-refractivity contribution in [2.24, 2.45) is 5.92 Å². The number of rotatable bonds is 6. The predicted molar refractivity (Wildman–Crippen MR) is 67.6 cm³/mol. The van der Waals surface area contributed by atoms with E-state index in [0.717, 1.165) is 32.5 Å². The van der Waals surface area contributed by atoms with Crippen LogP contribution in [0, 0.1) is 5.92 Å². The summed E-state index contributed by atoms with van der Waals surface area (Å²) in [6.45, 7) is 6.83. The van der Waals surface area contributed by atoms with E-state index >= 15 is 0 Å². The standard InChI is InChI=1S/C13H25F3N2/c1-3-7-17-12(4-2)10-18-8-5-6-11(9-18)13(14,15)16/h11-12,17H,3-10H2,1-2H3. The summed E-state index contributed by atoms with van der Waals surface area (Å²) in [5, 5.41) is 3.40. The van der Waals surface area contributed by atoms with E-state index < -0.39 is 12.1 Å². The summed E-state index contributed by atoms with van der Waals surface area (Å²) in [5.74, 6) is -1.13. The van der Waals surface area contributed by atoms with Crippen molar-refractivity contribution < 1.29 is 13.2 Å². The van der Waals surface area contributed by atoms with E-state index in [-0.39, 0.29) is 6.54 Å². The number of hydrogen-bond donors (Lipinski definition) is 1. The molecule has 18 heavy (non-hydrogen) atoms. The summed E-state index contributed by atoms with van der Waals surface area (Å²) in [5.41, 5.74) is 0. The molecule has 1 heterocycles. The van der Waals surface area contributed by atoms with Gasteiger partial charge in [0, 0.05) is 19.1 Å². The van der Waals surface area contributed by atoms with E-state index in [2.05, 4.69) is 19.2 Å². The lowest BCUT2D eigenvalue weighted by molar-refractivity contribution is -0.186. The summed E-state index contributed by atoms with van der Waals surface area (Å²) in [7, 11) is 0. The van der Waals surface area contributed by atoms with Crippen molar-refractivity contribution in [1.29, 1.82) is 0 Å². The third kappa shape index (κ3) is 5.14. The number of piperidine rings is 1. The molecule has 1 saturated heterocycles. The van der Waals surface area contributed by atoms with Crippen LogP contribution in [-0.4, -0.2) is 43.3 Å². The molecule has 0 radical (unpaired) electrons. The highest BCUT2D eigenvalue weighted by atomic mass is 19.4. The number of hydrogen-bond acceptors (Lipinski definition) is 2. The predicted octanol–water partition coefficient (Wildman–Crippen LogP) is 3.04. The second-order valence-electron chi connectivity index (χ2n) is 5.20. The average Bonchev–Trinajstić information content (AvgIpc) is 2.33. The molecule has 0 saturated carbocycles. The summed E-state index contributed by atoms with van der Waals surface area (Å²) >= 11 is 0. The van der Waals surface area contributed by atoms with Gasteiger partial charge in [0.25, 0.3) is 0 Å². The van der Waals surface area contributed by atoms with Crippen molar-refractivity contribution in [1.82, 2.24) is 10.2 Å². The molecule has 2 unspecified atom stereocenters. The fourth-order valence-electron chi connectivity index (χ4n) is 2.49. The Balaban J connectivity index is 2.41. The average molecular weight is 266 g/mol. The van der Waals surface area contributed by atoms with Crippen LogP contribution in [0.15, 0.2) is 0 Å². The van der Waals surface area contributed by atoms with Gasteiger partial charge < -0.3 is 10.2 Å². The van der Waals surface area contributed by atoms with Crippen molar-refractivity contribution in [2.45, 2.75) is 51.7 Å². The highest BCUT2D eigenvalue weighted by Gasteiger charge is 2.41. The Hall–Kier alpha value is -0.290. The fourth-order valence-corrected chi connectivity index (χ4v) is 2.49. The van der Waals surface area contributed by atoms with Crippen LogP contribution in [0.2, 0.25) is 0 Å². The lowest BCUT2D eigenvalue weighted by atomic mass is 9.97. The second kappa shape index (κ2) is 7.34. The quantitative estimate of drug-likeness (QED) is 0.795. The minimum atomic E-state index is -4.03. The molecule has 0 aromatic rings. The fraction of sp³-hybridized carbons (Fsp3) is 1.00. The highest BCUT2D eigenvalue weighted by Crippen LogP contribution is 2.33. The third-order valence-electron chi connectivity index (χ3n) is 3.62. The Morgan fingerprint density at radius 3 is 2.61 bits per heavy atom. The molecular weight excluding hydrogens is 241 g/mol. The number of alkyl halides is 3. The molecule has 0 aromatic heterocycles. The molecule has 0 aliphatic carbocycles. The van der Waals surface area contributed by atoms with Crippen LogP contribution in [0.3, 0.4) is 0 Å². The summed E-state index contributed by atoms with van der Waals surface area (Å²) in [6, 6.07) is 0.317. The summed E-state index contributed by atoms with van der Waals surface area (Å²) in [6.07, 6.45) is -1.06. The van der Waals surface area contributed by atoms with Gasteiger partial charge in [0.05, 0.1) is 5.92 Å². The lowest BCUT2D eigenvalue weighted by Crippen LogP contribution is -2.47. The molecule has 0 amide bonds. The first-order valence-corrected chi connectivity index (χ1v) is 6.99. The zero-order chi connectivity index (χ0) is 13.6. The van der Waals surface area contributed by atoms with Crippen molar-refractivity contribution in [2.75, 3.05) is 26.2 Å². The summed E-state index contributed by atoms with van der Waals surface area (Å²) in [4.78, 5) is 1.97. The zero-order valence-electron chi connectivity index (χ0n) is 11.4. The van der Waals surface area contributed by atoms with Crippen LogP contribution in [-0.2, 0) is 0 Å². The molecule has 1 rings (SSSR count). The van der Waals surface area contributed by atoms with Gasteiger partial charge in [-0.1, -0.05) is 13.8 Å². The lowest BCUT2D eigenvalue weighted by Gasteiger charge is -2.35. The Morgan fingerprint density at radius 2 is 2.06 bits per heavy atom. The van der Waals surface area contributed by atoms with Crippen molar-refractivity contribution in [3.63, 3.8) is 0 Å². The van der Waals surface area contributed by atoms with E-state index in [1.54, 1.807) is 0 Å². The first-order chi connectivity index (χ1) is 8.47. The molecule has 0 bridgehead atoms. The minimum Gasteiger partial charge on any atom is -0.313 e. The van der Waals surface area contributed by atoms with Gasteiger partial charge in [0.1, 0.15) is 0 Å². The van der Waals surface area contributed by atoms with Gasteiger partial charge in [0.2, 0.25) is 0 Å². The molecule has 2 atom stereocenters. The molecule has 1 fully saturated rings. The molecule has 1 N–H and O–H groups in total. The maximum atomic E-state index is 12.7. The van der Waals surface area contributed by atoms with Gasteiger partial charge in [-0.2, -0.15) is 13.2 Å². The molecule has 5 heteroatoms. The zero-order valence-corrected chi connectivity index (χ0v) is 11.4. The van der Waals surface area contributed by atoms with Crippen LogP contribution in [0.4, 0.5) is 13.2 Å². The Kier molecular flexibility index (Phi) is 6.43. The SMILES string of the molecule is CCCNC(CC)CN1CCCC(C(F)(F)F)C1. The van der Waals surface area contributed by atoms with E-state index in [1.165, 1.54) is 0 Å². The molecule has 0 spiro atoms. The number of likely N-dealkylation sites (tertiary alicyclic amines) is 1. The van der Waals surface area contributed by atoms with Crippen LogP contribution >= 0.6 is 0 Å². The summed E-state index contributed by atoms with van der Waals surface area (Å²) < 4.78 is 38.1. The monoisotopic (exact) mass is 266 g/mol. The van der Waals surface area contributed by atoms with E-state index in [1.807, 2.05) is 4.90 Å². The van der Waals surface area contributed by atoms with Crippen molar-refractivity contribution >= 4 is 0 Å². The molecular formula is C13H25F3N2. The van der Waals surface area contributed by atoms with Crippen LogP contribution in [0.5, 0.6) is 0 Å². The van der Waals surface area contributed by atoms with Gasteiger partial charge in [-0.05, 0) is 38.8 Å². The van der Waals surface area contributed by atoms with Gasteiger partial charge in [-0.3, -0.25) is 0 Å². The first-order valence-electron chi connectivity index (χ1n) is 6.99. The molecule has 1 aliphatic rings. The van der Waals surface area contributed by atoms with Gasteiger partial charge >= 0.3 is 6.18 Å². The van der Waals surface area contributed by atoms with Crippen molar-refractivity contribution in [3.8, 4) is 0 Å². The van der Waals surface area contributed by atoms with Crippen LogP contribution in [0.1, 0.15) is 39.5 Å². The minimum absolute atomic E-state index is 0.174. The van der Waals surface area contributed by atoms with E-state index in [0.29, 0.717) is 18.9 Å². The van der Waals surface area contributed by atoms with Gasteiger partial charge in [-0.15, -0.1) is 0 Å². The topological polar surface area (TPSA) is 15.3 Å². The smallest absolute Gasteiger partial charge is 0.313 e. The van der Waals surface area contributed by atoms with E-state index in [9.17, 15) is 13.2 Å². The van der Waals surface area contributed by atoms with Gasteiger partial charge in [-0.25, -0.2) is 0 Å². The third-order valence-corrected chi connectivity index (χ3v) is 3.62. The first kappa shape index (κ1) is 15.8. The molecule has 1 aliphatic heterocycles. The Labute approximate surface area is 108 Å². The van der Waals surface area contributed by atoms with Gasteiger partial charge in [0.15, 0.2) is 0 Å². The maximum Gasteiger partial charge on any atom is 0.393 e. The van der Waals surface area contributed by atoms with Crippen LogP contribution < -0.4 is 5.32 Å². The Bertz CT molecular complexity index is 231. The number of nitrogens with one attached hydrogen (secondary N) is 1. The molecule has 108 valence electrons. The second-order valence-corrected chi connectivity index (χ2v) is 5.20. The Morgan fingerprint density at radius 1 is 1.33 bits per heavy atom. The normalized spacial score (nSPS) is 24.2. The maximum absolute atomic E-state index is 12.7. The van der Waals surface area contributed by atoms with Crippen LogP contribution in [0.25, 0.3) is 0 Å². The van der Waals surface area contributed by atoms with Crippen molar-refractivity contribution in [3.05, 3.63) is 0 Å². The van der Waals surface area contributed by atoms with E-state index in [4.69, 9.17) is 0 Å². The highest BCUT2D eigenvalue weighted by molar-refractivity contribution is 4.80. The molecule has 0 aromatic carbocycles.